The van der Waals surface area contributed by atoms with E-state index in [4.69, 9.17) is 0 Å². The van der Waals surface area contributed by atoms with Crippen LogP contribution in [0.4, 0.5) is 0 Å². The highest BCUT2D eigenvalue weighted by Crippen LogP contribution is 2.25. The number of carbonyl (C=O) groups excluding carboxylic acids is 2. The van der Waals surface area contributed by atoms with Gasteiger partial charge in [0.15, 0.2) is 0 Å². The fourth-order valence-electron chi connectivity index (χ4n) is 4.17. The molecular weight excluding hydrogens is 394 g/mol. The van der Waals surface area contributed by atoms with Gasteiger partial charge in [0.25, 0.3) is 0 Å². The Bertz CT molecular complexity index is 679. The molecule has 7 heteroatoms. The number of nitrogens with one attached hydrogen (secondary N) is 1. The van der Waals surface area contributed by atoms with E-state index in [0.29, 0.717) is 0 Å². The summed E-state index contributed by atoms with van der Waals surface area (Å²) in [7, 11) is 1.69. The van der Waals surface area contributed by atoms with Gasteiger partial charge in [0.05, 0.1) is 12.1 Å². The topological polar surface area (TPSA) is 90.0 Å². The first kappa shape index (κ1) is 27.1. The van der Waals surface area contributed by atoms with Gasteiger partial charge in [-0.15, -0.1) is 0 Å². The largest absolute Gasteiger partial charge is 0.478 e. The number of aliphatic carboxylic acids is 1. The number of carbonyl (C=O) groups is 3. The second-order valence-corrected chi connectivity index (χ2v) is 10.5. The number of nitrogens with zero attached hydrogens (tertiary/aromatic N) is 2. The zero-order valence-electron chi connectivity index (χ0n) is 20.9. The van der Waals surface area contributed by atoms with Gasteiger partial charge in [-0.05, 0) is 51.5 Å². The Morgan fingerprint density at radius 2 is 1.71 bits per heavy atom. The van der Waals surface area contributed by atoms with E-state index >= 15 is 0 Å². The molecule has 2 N–H and O–H groups in total. The summed E-state index contributed by atoms with van der Waals surface area (Å²) in [4.78, 5) is 41.9. The molecule has 2 amide bonds. The first-order valence-corrected chi connectivity index (χ1v) is 11.4. The summed E-state index contributed by atoms with van der Waals surface area (Å²) >= 11 is 0. The molecule has 0 aromatic rings. The molecule has 0 aromatic carbocycles. The molecule has 1 saturated heterocycles. The summed E-state index contributed by atoms with van der Waals surface area (Å²) in [6.07, 6.45) is 4.50. The Morgan fingerprint density at radius 1 is 1.13 bits per heavy atom. The molecule has 31 heavy (non-hydrogen) atoms. The maximum atomic E-state index is 13.5. The maximum absolute atomic E-state index is 13.5. The van der Waals surface area contributed by atoms with Crippen LogP contribution < -0.4 is 5.32 Å². The highest BCUT2D eigenvalue weighted by Gasteiger charge is 2.39. The van der Waals surface area contributed by atoms with E-state index in [0.717, 1.165) is 25.8 Å². The number of carboxylic acid groups (broad SMARTS) is 1. The lowest BCUT2D eigenvalue weighted by Gasteiger charge is -2.41. The van der Waals surface area contributed by atoms with E-state index in [1.807, 2.05) is 34.6 Å². The van der Waals surface area contributed by atoms with Crippen LogP contribution in [0.2, 0.25) is 0 Å². The fraction of sp³-hybridized carbons (Fsp3) is 0.792. The third-order valence-electron chi connectivity index (χ3n) is 6.15. The number of rotatable bonds is 8. The van der Waals surface area contributed by atoms with E-state index in [1.54, 1.807) is 18.0 Å². The summed E-state index contributed by atoms with van der Waals surface area (Å²) in [5, 5.41) is 12.3. The molecule has 0 saturated carbocycles. The predicted molar refractivity (Wildman–Crippen MR) is 124 cm³/mol. The van der Waals surface area contributed by atoms with Gasteiger partial charge in [-0.3, -0.25) is 14.5 Å². The second-order valence-electron chi connectivity index (χ2n) is 10.5. The van der Waals surface area contributed by atoms with Crippen molar-refractivity contribution in [3.63, 3.8) is 0 Å². The van der Waals surface area contributed by atoms with Crippen molar-refractivity contribution in [3.05, 3.63) is 11.6 Å². The molecule has 3 atom stereocenters. The Morgan fingerprint density at radius 3 is 2.16 bits per heavy atom. The van der Waals surface area contributed by atoms with Crippen LogP contribution >= 0.6 is 0 Å². The van der Waals surface area contributed by atoms with Gasteiger partial charge in [-0.25, -0.2) is 4.79 Å². The van der Waals surface area contributed by atoms with Gasteiger partial charge in [0, 0.05) is 18.7 Å². The summed E-state index contributed by atoms with van der Waals surface area (Å²) < 4.78 is 0. The zero-order chi connectivity index (χ0) is 24.1. The van der Waals surface area contributed by atoms with Crippen molar-refractivity contribution >= 4 is 17.8 Å². The molecule has 1 aliphatic rings. The van der Waals surface area contributed by atoms with Crippen LogP contribution in [0, 0.1) is 11.3 Å². The molecule has 0 spiro atoms. The van der Waals surface area contributed by atoms with Crippen molar-refractivity contribution in [1.82, 2.24) is 15.1 Å². The first-order chi connectivity index (χ1) is 14.2. The molecule has 1 rings (SSSR count). The lowest BCUT2D eigenvalue weighted by molar-refractivity contribution is -0.142. The highest BCUT2D eigenvalue weighted by atomic mass is 16.4. The van der Waals surface area contributed by atoms with E-state index in [-0.39, 0.29) is 41.4 Å². The van der Waals surface area contributed by atoms with Crippen molar-refractivity contribution in [1.29, 1.82) is 0 Å². The van der Waals surface area contributed by atoms with Crippen molar-refractivity contribution < 1.29 is 19.5 Å². The van der Waals surface area contributed by atoms with E-state index in [9.17, 15) is 19.5 Å². The van der Waals surface area contributed by atoms with Crippen LogP contribution in [0.1, 0.15) is 74.7 Å². The minimum Gasteiger partial charge on any atom is -0.478 e. The Labute approximate surface area is 188 Å². The molecule has 0 radical (unpaired) electrons. The molecule has 0 aromatic heterocycles. The molecule has 178 valence electrons. The van der Waals surface area contributed by atoms with Crippen LogP contribution in [0.5, 0.6) is 0 Å². The van der Waals surface area contributed by atoms with Crippen molar-refractivity contribution in [3.8, 4) is 0 Å². The lowest BCUT2D eigenvalue weighted by atomic mass is 9.84. The monoisotopic (exact) mass is 437 g/mol. The SMILES string of the molecule is C/C(=C\[C@@H](C(C)C)N(C)C(=O)[C@@H](NC(=O)C1CCCCN1C(C)C)C(C)(C)C)C(=O)O. The van der Waals surface area contributed by atoms with Crippen LogP contribution in [-0.2, 0) is 14.4 Å². The average Bonchev–Trinajstić information content (AvgIpc) is 2.67. The minimum atomic E-state index is -1.00. The summed E-state index contributed by atoms with van der Waals surface area (Å²) in [5.41, 5.74) is -0.296. The lowest BCUT2D eigenvalue weighted by Crippen LogP contribution is -2.60. The van der Waals surface area contributed by atoms with E-state index < -0.39 is 17.4 Å². The van der Waals surface area contributed by atoms with Crippen LogP contribution in [-0.4, -0.2) is 70.4 Å². The second kappa shape index (κ2) is 11.1. The standard InChI is InChI=1S/C24H43N3O4/c1-15(2)19(14-17(5)23(30)31)26(9)22(29)20(24(6,7)8)25-21(28)18-12-10-11-13-27(18)16(3)4/h14-16,18-20H,10-13H2,1-9H3,(H,25,28)(H,30,31)/b17-14+/t18?,19-,20+/m0/s1. The fourth-order valence-corrected chi connectivity index (χ4v) is 4.17. The van der Waals surface area contributed by atoms with Gasteiger partial charge in [0.1, 0.15) is 6.04 Å². The first-order valence-electron chi connectivity index (χ1n) is 11.4. The number of amides is 2. The van der Waals surface area contributed by atoms with Gasteiger partial charge in [-0.1, -0.05) is 47.1 Å². The summed E-state index contributed by atoms with van der Waals surface area (Å²) in [6.45, 7) is 16.3. The molecule has 1 unspecified atom stereocenters. The van der Waals surface area contributed by atoms with Crippen LogP contribution in [0.3, 0.4) is 0 Å². The number of likely N-dealkylation sites (N-methyl/N-ethyl adjacent to an activating group) is 1. The third-order valence-corrected chi connectivity index (χ3v) is 6.15. The molecule has 1 aliphatic heterocycles. The average molecular weight is 438 g/mol. The van der Waals surface area contributed by atoms with Gasteiger partial charge < -0.3 is 15.3 Å². The zero-order valence-corrected chi connectivity index (χ0v) is 20.9. The smallest absolute Gasteiger partial charge is 0.331 e. The summed E-state index contributed by atoms with van der Waals surface area (Å²) in [5.74, 6) is -1.29. The molecular formula is C24H43N3O4. The van der Waals surface area contributed by atoms with Crippen molar-refractivity contribution in [2.75, 3.05) is 13.6 Å². The van der Waals surface area contributed by atoms with Gasteiger partial charge in [-0.2, -0.15) is 0 Å². The normalized spacial score (nSPS) is 20.5. The van der Waals surface area contributed by atoms with Gasteiger partial charge in [0.2, 0.25) is 11.8 Å². The van der Waals surface area contributed by atoms with E-state index in [2.05, 4.69) is 24.1 Å². The van der Waals surface area contributed by atoms with Crippen LogP contribution in [0.15, 0.2) is 11.6 Å². The number of piperidine rings is 1. The maximum Gasteiger partial charge on any atom is 0.331 e. The van der Waals surface area contributed by atoms with Crippen LogP contribution in [0.25, 0.3) is 0 Å². The van der Waals surface area contributed by atoms with Crippen molar-refractivity contribution in [2.45, 2.75) is 98.8 Å². The molecule has 1 heterocycles. The van der Waals surface area contributed by atoms with E-state index in [1.165, 1.54) is 6.92 Å². The summed E-state index contributed by atoms with van der Waals surface area (Å²) in [6, 6.07) is -1.06. The quantitative estimate of drug-likeness (QED) is 0.569. The Balaban J connectivity index is 3.15. The Hall–Kier alpha value is -1.89. The number of hydrogen-bond acceptors (Lipinski definition) is 4. The molecule has 0 aliphatic carbocycles. The Kier molecular flexibility index (Phi) is 9.73. The van der Waals surface area contributed by atoms with Crippen molar-refractivity contribution in [2.24, 2.45) is 11.3 Å². The predicted octanol–water partition coefficient (Wildman–Crippen LogP) is 3.29. The third kappa shape index (κ3) is 7.34. The molecule has 1 fully saturated rings. The highest BCUT2D eigenvalue weighted by molar-refractivity contribution is 5.91. The number of likely N-dealkylation sites (tertiary alicyclic amines) is 1. The molecule has 0 bridgehead atoms. The minimum absolute atomic E-state index is 0.0225. The number of hydrogen-bond donors (Lipinski definition) is 2. The number of carboxylic acids is 1. The molecule has 7 nitrogen and oxygen atoms in total. The van der Waals surface area contributed by atoms with Gasteiger partial charge >= 0.3 is 5.97 Å².